The molecule has 18 heavy (non-hydrogen) atoms. The first kappa shape index (κ1) is 13.5. The van der Waals surface area contributed by atoms with Gasteiger partial charge < -0.3 is 5.32 Å². The summed E-state index contributed by atoms with van der Waals surface area (Å²) in [6.07, 6.45) is 2.90. The fourth-order valence-electron chi connectivity index (χ4n) is 1.90. The monoisotopic (exact) mass is 280 g/mol. The molecule has 0 fully saturated rings. The van der Waals surface area contributed by atoms with E-state index in [9.17, 15) is 0 Å². The fourth-order valence-corrected chi connectivity index (χ4v) is 2.93. The highest BCUT2D eigenvalue weighted by molar-refractivity contribution is 7.09. The van der Waals surface area contributed by atoms with Crippen LogP contribution in [0, 0.1) is 6.92 Å². The average molecular weight is 281 g/mol. The molecule has 0 radical (unpaired) electrons. The predicted octanol–water partition coefficient (Wildman–Crippen LogP) is 4.35. The summed E-state index contributed by atoms with van der Waals surface area (Å²) < 4.78 is 0. The zero-order valence-electron chi connectivity index (χ0n) is 10.6. The third-order valence-electron chi connectivity index (χ3n) is 3.00. The van der Waals surface area contributed by atoms with Crippen molar-refractivity contribution in [3.8, 4) is 0 Å². The van der Waals surface area contributed by atoms with E-state index < -0.39 is 0 Å². The minimum absolute atomic E-state index is 0.333. The molecule has 0 saturated carbocycles. The summed E-state index contributed by atoms with van der Waals surface area (Å²) in [5.41, 5.74) is 2.51. The topological polar surface area (TPSA) is 24.9 Å². The number of nitrogens with one attached hydrogen (secondary N) is 1. The summed E-state index contributed by atoms with van der Waals surface area (Å²) >= 11 is 7.66. The van der Waals surface area contributed by atoms with E-state index in [-0.39, 0.29) is 0 Å². The maximum Gasteiger partial charge on any atom is 0.109 e. The Labute approximate surface area is 117 Å². The average Bonchev–Trinajstić information content (AvgIpc) is 2.86. The lowest BCUT2D eigenvalue weighted by Crippen LogP contribution is -2.20. The minimum Gasteiger partial charge on any atom is -0.304 e. The Morgan fingerprint density at radius 1 is 1.44 bits per heavy atom. The largest absolute Gasteiger partial charge is 0.304 e. The van der Waals surface area contributed by atoms with Crippen LogP contribution in [-0.2, 0) is 6.54 Å². The zero-order valence-corrected chi connectivity index (χ0v) is 12.2. The number of aryl methyl sites for hydroxylation is 1. The van der Waals surface area contributed by atoms with Gasteiger partial charge in [0.05, 0.1) is 6.04 Å². The molecule has 1 unspecified atom stereocenters. The lowest BCUT2D eigenvalue weighted by Gasteiger charge is -2.15. The highest BCUT2D eigenvalue weighted by Crippen LogP contribution is 2.20. The van der Waals surface area contributed by atoms with Crippen molar-refractivity contribution in [2.75, 3.05) is 0 Å². The Morgan fingerprint density at radius 2 is 2.28 bits per heavy atom. The molecule has 0 spiro atoms. The summed E-state index contributed by atoms with van der Waals surface area (Å²) in [7, 11) is 0. The van der Waals surface area contributed by atoms with E-state index in [4.69, 9.17) is 11.6 Å². The number of benzene rings is 1. The number of thiazole rings is 1. The van der Waals surface area contributed by atoms with Crippen LogP contribution in [0.4, 0.5) is 0 Å². The van der Waals surface area contributed by atoms with Crippen molar-refractivity contribution in [3.63, 3.8) is 0 Å². The second-order valence-corrected chi connectivity index (χ2v) is 5.65. The highest BCUT2D eigenvalue weighted by Gasteiger charge is 2.11. The van der Waals surface area contributed by atoms with Crippen LogP contribution >= 0.6 is 22.9 Å². The summed E-state index contributed by atoms with van der Waals surface area (Å²) in [4.78, 5) is 4.37. The molecule has 2 nitrogen and oxygen atoms in total. The molecule has 1 aromatic carbocycles. The molecule has 2 rings (SSSR count). The van der Waals surface area contributed by atoms with Crippen molar-refractivity contribution >= 4 is 22.9 Å². The molecule has 4 heteroatoms. The van der Waals surface area contributed by atoms with Crippen molar-refractivity contribution in [1.29, 1.82) is 0 Å². The van der Waals surface area contributed by atoms with Crippen molar-refractivity contribution in [3.05, 3.63) is 50.9 Å². The van der Waals surface area contributed by atoms with E-state index in [1.54, 1.807) is 11.3 Å². The Morgan fingerprint density at radius 3 is 2.89 bits per heavy atom. The summed E-state index contributed by atoms with van der Waals surface area (Å²) in [6.45, 7) is 5.11. The first-order valence-electron chi connectivity index (χ1n) is 6.08. The zero-order chi connectivity index (χ0) is 13.0. The van der Waals surface area contributed by atoms with Gasteiger partial charge in [-0.25, -0.2) is 4.98 Å². The molecule has 1 atom stereocenters. The second-order valence-electron chi connectivity index (χ2n) is 4.28. The number of hydrogen-bond acceptors (Lipinski definition) is 3. The number of halogens is 1. The van der Waals surface area contributed by atoms with Crippen molar-refractivity contribution in [2.24, 2.45) is 0 Å². The lowest BCUT2D eigenvalue weighted by atomic mass is 10.1. The normalized spacial score (nSPS) is 12.6. The van der Waals surface area contributed by atoms with Crippen LogP contribution in [0.3, 0.4) is 0 Å². The van der Waals surface area contributed by atoms with Gasteiger partial charge in [0.2, 0.25) is 0 Å². The van der Waals surface area contributed by atoms with Gasteiger partial charge in [-0.15, -0.1) is 11.3 Å². The number of hydrogen-bond donors (Lipinski definition) is 1. The van der Waals surface area contributed by atoms with Gasteiger partial charge in [0, 0.05) is 23.1 Å². The molecule has 1 heterocycles. The van der Waals surface area contributed by atoms with Gasteiger partial charge in [-0.1, -0.05) is 24.6 Å². The van der Waals surface area contributed by atoms with E-state index in [1.165, 1.54) is 11.1 Å². The van der Waals surface area contributed by atoms with Gasteiger partial charge in [-0.05, 0) is 36.6 Å². The number of nitrogens with zero attached hydrogens (tertiary/aromatic N) is 1. The van der Waals surface area contributed by atoms with Crippen LogP contribution in [-0.4, -0.2) is 4.98 Å². The SMILES string of the molecule is CCC(NCc1ccc(Cl)cc1C)c1nccs1. The molecule has 0 saturated heterocycles. The first-order chi connectivity index (χ1) is 8.70. The summed E-state index contributed by atoms with van der Waals surface area (Å²) in [5, 5.41) is 7.53. The van der Waals surface area contributed by atoms with Crippen molar-refractivity contribution < 1.29 is 0 Å². The molecular weight excluding hydrogens is 264 g/mol. The van der Waals surface area contributed by atoms with Gasteiger partial charge in [-0.2, -0.15) is 0 Å². The second kappa shape index (κ2) is 6.32. The maximum atomic E-state index is 5.96. The third-order valence-corrected chi connectivity index (χ3v) is 4.13. The van der Waals surface area contributed by atoms with Gasteiger partial charge in [0.25, 0.3) is 0 Å². The van der Waals surface area contributed by atoms with E-state index in [2.05, 4.69) is 30.2 Å². The Balaban J connectivity index is 2.02. The van der Waals surface area contributed by atoms with Crippen LogP contribution in [0.15, 0.2) is 29.8 Å². The molecule has 1 aromatic heterocycles. The molecule has 0 aliphatic heterocycles. The van der Waals surface area contributed by atoms with E-state index in [0.717, 1.165) is 23.0 Å². The van der Waals surface area contributed by atoms with Gasteiger partial charge in [-0.3, -0.25) is 0 Å². The Kier molecular flexibility index (Phi) is 4.75. The van der Waals surface area contributed by atoms with Crippen LogP contribution in [0.2, 0.25) is 5.02 Å². The molecule has 1 N–H and O–H groups in total. The van der Waals surface area contributed by atoms with Gasteiger partial charge in [0.1, 0.15) is 5.01 Å². The predicted molar refractivity (Wildman–Crippen MR) is 78.2 cm³/mol. The number of aromatic nitrogens is 1. The maximum absolute atomic E-state index is 5.96. The first-order valence-corrected chi connectivity index (χ1v) is 7.34. The molecule has 0 amide bonds. The molecule has 0 aliphatic rings. The van der Waals surface area contributed by atoms with Crippen molar-refractivity contribution in [1.82, 2.24) is 10.3 Å². The van der Waals surface area contributed by atoms with E-state index >= 15 is 0 Å². The molecular formula is C14H17ClN2S. The molecule has 2 aromatic rings. The van der Waals surface area contributed by atoms with E-state index in [1.807, 2.05) is 23.7 Å². The minimum atomic E-state index is 0.333. The van der Waals surface area contributed by atoms with Crippen LogP contribution in [0.5, 0.6) is 0 Å². The fraction of sp³-hybridized carbons (Fsp3) is 0.357. The Bertz CT molecular complexity index is 497. The Hall–Kier alpha value is -0.900. The smallest absolute Gasteiger partial charge is 0.109 e. The van der Waals surface area contributed by atoms with Crippen LogP contribution in [0.25, 0.3) is 0 Å². The third kappa shape index (κ3) is 3.31. The quantitative estimate of drug-likeness (QED) is 0.881. The standard InChI is InChI=1S/C14H17ClN2S/c1-3-13(14-16-6-7-18-14)17-9-11-4-5-12(15)8-10(11)2/h4-8,13,17H,3,9H2,1-2H3. The van der Waals surface area contributed by atoms with Crippen LogP contribution < -0.4 is 5.32 Å². The molecule has 0 aliphatic carbocycles. The lowest BCUT2D eigenvalue weighted by molar-refractivity contribution is 0.516. The molecule has 0 bridgehead atoms. The van der Waals surface area contributed by atoms with Crippen LogP contribution in [0.1, 0.15) is 35.5 Å². The summed E-state index contributed by atoms with van der Waals surface area (Å²) in [6, 6.07) is 6.36. The van der Waals surface area contributed by atoms with Gasteiger partial charge >= 0.3 is 0 Å². The molecule has 96 valence electrons. The van der Waals surface area contributed by atoms with Gasteiger partial charge in [0.15, 0.2) is 0 Å². The van der Waals surface area contributed by atoms with E-state index in [0.29, 0.717) is 6.04 Å². The highest BCUT2D eigenvalue weighted by atomic mass is 35.5. The summed E-state index contributed by atoms with van der Waals surface area (Å²) in [5.74, 6) is 0. The number of rotatable bonds is 5. The van der Waals surface area contributed by atoms with Crippen molar-refractivity contribution in [2.45, 2.75) is 32.9 Å².